The fraction of sp³-hybridized carbons (Fsp3) is 0.350. The molecular weight excluding hydrogens is 401 g/mol. The van der Waals surface area contributed by atoms with Crippen LogP contribution in [0.4, 0.5) is 5.69 Å². The SMILES string of the molecule is C[C@H](NC(=O)C1CCN(c2cncc(-c3cccc(Cl)c3Cl)c2)CC1)C(=O)O. The molecule has 1 saturated heterocycles. The summed E-state index contributed by atoms with van der Waals surface area (Å²) < 4.78 is 0. The molecule has 1 aliphatic rings. The van der Waals surface area contributed by atoms with E-state index in [2.05, 4.69) is 15.2 Å². The van der Waals surface area contributed by atoms with Crippen LogP contribution in [0, 0.1) is 5.92 Å². The summed E-state index contributed by atoms with van der Waals surface area (Å²) in [6.07, 6.45) is 4.84. The van der Waals surface area contributed by atoms with Crippen molar-refractivity contribution in [3.05, 3.63) is 46.7 Å². The zero-order valence-corrected chi connectivity index (χ0v) is 16.9. The average molecular weight is 422 g/mol. The predicted molar refractivity (Wildman–Crippen MR) is 110 cm³/mol. The maximum absolute atomic E-state index is 12.2. The third-order valence-corrected chi connectivity index (χ3v) is 5.77. The molecule has 148 valence electrons. The molecule has 0 bridgehead atoms. The number of carboxylic acid groups (broad SMARTS) is 1. The van der Waals surface area contributed by atoms with Crippen LogP contribution < -0.4 is 10.2 Å². The van der Waals surface area contributed by atoms with E-state index in [0.29, 0.717) is 36.0 Å². The quantitative estimate of drug-likeness (QED) is 0.765. The fourth-order valence-corrected chi connectivity index (χ4v) is 3.68. The van der Waals surface area contributed by atoms with Gasteiger partial charge in [-0.25, -0.2) is 0 Å². The number of carbonyl (C=O) groups excluding carboxylic acids is 1. The molecule has 0 unspecified atom stereocenters. The van der Waals surface area contributed by atoms with Crippen molar-refractivity contribution in [2.24, 2.45) is 5.92 Å². The Labute approximate surface area is 173 Å². The Bertz CT molecular complexity index is 883. The van der Waals surface area contributed by atoms with E-state index >= 15 is 0 Å². The minimum Gasteiger partial charge on any atom is -0.480 e. The number of piperidine rings is 1. The van der Waals surface area contributed by atoms with Gasteiger partial charge in [0, 0.05) is 36.3 Å². The van der Waals surface area contributed by atoms with E-state index < -0.39 is 12.0 Å². The van der Waals surface area contributed by atoms with Crippen LogP contribution in [0.2, 0.25) is 10.0 Å². The smallest absolute Gasteiger partial charge is 0.325 e. The van der Waals surface area contributed by atoms with E-state index in [1.165, 1.54) is 6.92 Å². The average Bonchev–Trinajstić information content (AvgIpc) is 2.70. The van der Waals surface area contributed by atoms with Crippen LogP contribution in [0.5, 0.6) is 0 Å². The van der Waals surface area contributed by atoms with Gasteiger partial charge < -0.3 is 15.3 Å². The zero-order valence-electron chi connectivity index (χ0n) is 15.4. The number of hydrogen-bond donors (Lipinski definition) is 2. The van der Waals surface area contributed by atoms with E-state index in [4.69, 9.17) is 28.3 Å². The molecule has 1 aromatic heterocycles. The molecule has 2 N–H and O–H groups in total. The number of carboxylic acids is 1. The summed E-state index contributed by atoms with van der Waals surface area (Å²) in [5.41, 5.74) is 2.65. The Hall–Kier alpha value is -2.31. The molecule has 0 saturated carbocycles. The Balaban J connectivity index is 1.67. The maximum Gasteiger partial charge on any atom is 0.325 e. The van der Waals surface area contributed by atoms with Crippen molar-refractivity contribution in [3.8, 4) is 11.1 Å². The monoisotopic (exact) mass is 421 g/mol. The number of hydrogen-bond acceptors (Lipinski definition) is 4. The van der Waals surface area contributed by atoms with Gasteiger partial charge in [-0.05, 0) is 31.9 Å². The Morgan fingerprint density at radius 3 is 2.64 bits per heavy atom. The molecule has 1 aliphatic heterocycles. The second-order valence-corrected chi connectivity index (χ2v) is 7.65. The van der Waals surface area contributed by atoms with Gasteiger partial charge in [0.2, 0.25) is 5.91 Å². The number of nitrogens with one attached hydrogen (secondary N) is 1. The first-order valence-corrected chi connectivity index (χ1v) is 9.80. The van der Waals surface area contributed by atoms with Crippen LogP contribution in [0.15, 0.2) is 36.7 Å². The van der Waals surface area contributed by atoms with Crippen LogP contribution >= 0.6 is 23.2 Å². The number of aliphatic carboxylic acids is 1. The van der Waals surface area contributed by atoms with Gasteiger partial charge in [0.15, 0.2) is 0 Å². The van der Waals surface area contributed by atoms with Crippen molar-refractivity contribution < 1.29 is 14.7 Å². The molecule has 6 nitrogen and oxygen atoms in total. The molecule has 28 heavy (non-hydrogen) atoms. The lowest BCUT2D eigenvalue weighted by Gasteiger charge is -2.33. The van der Waals surface area contributed by atoms with Crippen molar-refractivity contribution in [3.63, 3.8) is 0 Å². The highest BCUT2D eigenvalue weighted by Crippen LogP contribution is 2.35. The molecule has 3 rings (SSSR count). The zero-order chi connectivity index (χ0) is 20.3. The van der Waals surface area contributed by atoms with Crippen molar-refractivity contribution in [2.75, 3.05) is 18.0 Å². The van der Waals surface area contributed by atoms with E-state index in [9.17, 15) is 9.59 Å². The largest absolute Gasteiger partial charge is 0.480 e. The van der Waals surface area contributed by atoms with Crippen molar-refractivity contribution in [1.82, 2.24) is 10.3 Å². The Morgan fingerprint density at radius 2 is 1.96 bits per heavy atom. The number of aromatic nitrogens is 1. The van der Waals surface area contributed by atoms with E-state index in [-0.39, 0.29) is 11.8 Å². The molecule has 2 aromatic rings. The minimum atomic E-state index is -1.03. The molecule has 0 radical (unpaired) electrons. The molecule has 0 spiro atoms. The van der Waals surface area contributed by atoms with Crippen LogP contribution in [0.3, 0.4) is 0 Å². The van der Waals surface area contributed by atoms with Crippen molar-refractivity contribution in [1.29, 1.82) is 0 Å². The number of benzene rings is 1. The standard InChI is InChI=1S/C20H21Cl2N3O3/c1-12(20(27)28)24-19(26)13-5-7-25(8-6-13)15-9-14(10-23-11-15)16-3-2-4-17(21)18(16)22/h2-4,9-13H,5-8H2,1H3,(H,24,26)(H,27,28)/t12-/m0/s1. The van der Waals surface area contributed by atoms with Gasteiger partial charge in [0.25, 0.3) is 0 Å². The molecular formula is C20H21Cl2N3O3. The number of carbonyl (C=O) groups is 2. The molecule has 1 fully saturated rings. The van der Waals surface area contributed by atoms with Crippen molar-refractivity contribution >= 4 is 40.8 Å². The Kier molecular flexibility index (Phi) is 6.42. The molecule has 1 atom stereocenters. The van der Waals surface area contributed by atoms with Crippen molar-refractivity contribution in [2.45, 2.75) is 25.8 Å². The fourth-order valence-electron chi connectivity index (χ4n) is 3.27. The summed E-state index contributed by atoms with van der Waals surface area (Å²) in [5.74, 6) is -1.42. The molecule has 2 heterocycles. The topological polar surface area (TPSA) is 82.5 Å². The second-order valence-electron chi connectivity index (χ2n) is 6.86. The third-order valence-electron chi connectivity index (χ3n) is 4.95. The normalized spacial score (nSPS) is 15.9. The van der Waals surface area contributed by atoms with Gasteiger partial charge in [-0.3, -0.25) is 14.6 Å². The lowest BCUT2D eigenvalue weighted by molar-refractivity contribution is -0.142. The van der Waals surface area contributed by atoms with E-state index in [1.54, 1.807) is 18.5 Å². The molecule has 1 aromatic carbocycles. The van der Waals surface area contributed by atoms with Gasteiger partial charge in [0.05, 0.1) is 21.9 Å². The van der Waals surface area contributed by atoms with Gasteiger partial charge in [0.1, 0.15) is 6.04 Å². The van der Waals surface area contributed by atoms with Gasteiger partial charge in [-0.1, -0.05) is 35.3 Å². The lowest BCUT2D eigenvalue weighted by atomic mass is 9.95. The summed E-state index contributed by atoms with van der Waals surface area (Å²) in [6.45, 7) is 2.84. The van der Waals surface area contributed by atoms with E-state index in [1.807, 2.05) is 18.2 Å². The summed E-state index contributed by atoms with van der Waals surface area (Å²) in [7, 11) is 0. The minimum absolute atomic E-state index is 0.184. The highest BCUT2D eigenvalue weighted by molar-refractivity contribution is 6.43. The molecule has 1 amide bonds. The first-order valence-electron chi connectivity index (χ1n) is 9.04. The molecule has 0 aliphatic carbocycles. The summed E-state index contributed by atoms with van der Waals surface area (Å²) in [4.78, 5) is 29.6. The number of anilines is 1. The summed E-state index contributed by atoms with van der Waals surface area (Å²) in [6, 6.07) is 6.62. The van der Waals surface area contributed by atoms with Crippen LogP contribution in [-0.2, 0) is 9.59 Å². The lowest BCUT2D eigenvalue weighted by Crippen LogP contribution is -2.45. The maximum atomic E-state index is 12.2. The first kappa shape index (κ1) is 20.4. The second kappa shape index (κ2) is 8.80. The number of rotatable bonds is 5. The van der Waals surface area contributed by atoms with Gasteiger partial charge in [-0.2, -0.15) is 0 Å². The third kappa shape index (κ3) is 4.56. The van der Waals surface area contributed by atoms with Gasteiger partial charge >= 0.3 is 5.97 Å². The van der Waals surface area contributed by atoms with Crippen LogP contribution in [0.1, 0.15) is 19.8 Å². The number of halogens is 2. The highest BCUT2D eigenvalue weighted by atomic mass is 35.5. The Morgan fingerprint density at radius 1 is 1.25 bits per heavy atom. The van der Waals surface area contributed by atoms with E-state index in [0.717, 1.165) is 16.8 Å². The summed E-state index contributed by atoms with van der Waals surface area (Å²) >= 11 is 12.4. The van der Waals surface area contributed by atoms with Crippen LogP contribution in [-0.4, -0.2) is 41.1 Å². The highest BCUT2D eigenvalue weighted by Gasteiger charge is 2.27. The molecule has 8 heteroatoms. The van der Waals surface area contributed by atoms with Gasteiger partial charge in [-0.15, -0.1) is 0 Å². The number of amides is 1. The number of nitrogens with zero attached hydrogens (tertiary/aromatic N) is 2. The first-order chi connectivity index (χ1) is 13.4. The van der Waals surface area contributed by atoms with Crippen LogP contribution in [0.25, 0.3) is 11.1 Å². The summed E-state index contributed by atoms with van der Waals surface area (Å²) in [5, 5.41) is 12.5. The number of pyridine rings is 1. The predicted octanol–water partition coefficient (Wildman–Crippen LogP) is 3.86.